The van der Waals surface area contributed by atoms with Crippen molar-refractivity contribution in [3.8, 4) is 5.19 Å². The Morgan fingerprint density at radius 2 is 2.58 bits per heavy atom. The molecular weight excluding hydrogens is 246 g/mol. The standard InChI is InChI=1S/C6H6BrNO3S/c1-10-5(9)3-11-6-8-2-4(7)12-6/h2H,3H2,1H3. The predicted molar refractivity (Wildman–Crippen MR) is 47.3 cm³/mol. The lowest BCUT2D eigenvalue weighted by Gasteiger charge is -1.98. The van der Waals surface area contributed by atoms with E-state index in [0.717, 1.165) is 3.79 Å². The number of carbonyl (C=O) groups excluding carboxylic acids is 1. The third-order valence-corrected chi connectivity index (χ3v) is 2.39. The zero-order valence-electron chi connectivity index (χ0n) is 6.24. The zero-order chi connectivity index (χ0) is 8.97. The molecule has 4 nitrogen and oxygen atoms in total. The molecule has 0 radical (unpaired) electrons. The molecule has 0 saturated carbocycles. The van der Waals surface area contributed by atoms with Gasteiger partial charge >= 0.3 is 5.97 Å². The molecule has 0 aliphatic carbocycles. The van der Waals surface area contributed by atoms with Crippen LogP contribution in [0.1, 0.15) is 0 Å². The summed E-state index contributed by atoms with van der Waals surface area (Å²) in [5, 5.41) is 0.451. The fourth-order valence-corrected chi connectivity index (χ4v) is 1.50. The van der Waals surface area contributed by atoms with Gasteiger partial charge in [0.05, 0.1) is 17.1 Å². The highest BCUT2D eigenvalue weighted by Gasteiger charge is 2.04. The lowest BCUT2D eigenvalue weighted by molar-refractivity contribution is -0.142. The molecule has 0 saturated heterocycles. The van der Waals surface area contributed by atoms with Crippen LogP contribution in [0.2, 0.25) is 0 Å². The first-order valence-corrected chi connectivity index (χ1v) is 4.64. The molecule has 0 unspecified atom stereocenters. The minimum absolute atomic E-state index is 0.101. The Kier molecular flexibility index (Phi) is 3.48. The first-order chi connectivity index (χ1) is 5.72. The van der Waals surface area contributed by atoms with Crippen molar-refractivity contribution in [1.29, 1.82) is 0 Å². The molecule has 0 atom stereocenters. The second kappa shape index (κ2) is 4.42. The van der Waals surface area contributed by atoms with Gasteiger partial charge < -0.3 is 9.47 Å². The molecule has 0 aromatic carbocycles. The molecule has 1 rings (SSSR count). The van der Waals surface area contributed by atoms with E-state index in [1.54, 1.807) is 6.20 Å². The van der Waals surface area contributed by atoms with Crippen LogP contribution in [0.15, 0.2) is 9.98 Å². The first kappa shape index (κ1) is 9.47. The summed E-state index contributed by atoms with van der Waals surface area (Å²) in [5.74, 6) is -0.415. The van der Waals surface area contributed by atoms with Crippen molar-refractivity contribution in [2.24, 2.45) is 0 Å². The lowest BCUT2D eigenvalue weighted by Crippen LogP contribution is -2.12. The highest BCUT2D eigenvalue weighted by atomic mass is 79.9. The second-order valence-corrected chi connectivity index (χ2v) is 4.17. The van der Waals surface area contributed by atoms with Crippen molar-refractivity contribution >= 4 is 33.2 Å². The molecule has 0 aliphatic heterocycles. The maximum absolute atomic E-state index is 10.6. The molecule has 0 bridgehead atoms. The number of hydrogen-bond donors (Lipinski definition) is 0. The molecule has 66 valence electrons. The number of hydrogen-bond acceptors (Lipinski definition) is 5. The number of rotatable bonds is 3. The van der Waals surface area contributed by atoms with E-state index >= 15 is 0 Å². The van der Waals surface area contributed by atoms with Gasteiger partial charge in [-0.15, -0.1) is 0 Å². The van der Waals surface area contributed by atoms with Crippen LogP contribution in [0.3, 0.4) is 0 Å². The molecule has 1 aromatic rings. The number of esters is 1. The maximum Gasteiger partial charge on any atom is 0.343 e. The highest BCUT2D eigenvalue weighted by Crippen LogP contribution is 2.24. The van der Waals surface area contributed by atoms with Crippen LogP contribution >= 0.6 is 27.3 Å². The fourth-order valence-electron chi connectivity index (χ4n) is 0.486. The van der Waals surface area contributed by atoms with E-state index in [-0.39, 0.29) is 6.61 Å². The lowest BCUT2D eigenvalue weighted by atomic mass is 10.7. The number of ether oxygens (including phenoxy) is 2. The number of nitrogens with zero attached hydrogens (tertiary/aromatic N) is 1. The number of halogens is 1. The molecule has 1 heterocycles. The summed E-state index contributed by atoms with van der Waals surface area (Å²) < 4.78 is 10.2. The van der Waals surface area contributed by atoms with E-state index in [1.807, 2.05) is 0 Å². The average molecular weight is 252 g/mol. The number of thiazole rings is 1. The van der Waals surface area contributed by atoms with E-state index in [9.17, 15) is 4.79 Å². The van der Waals surface area contributed by atoms with Crippen LogP contribution < -0.4 is 4.74 Å². The van der Waals surface area contributed by atoms with Crippen molar-refractivity contribution < 1.29 is 14.3 Å². The van der Waals surface area contributed by atoms with Crippen LogP contribution in [-0.2, 0) is 9.53 Å². The normalized spacial score (nSPS) is 9.50. The molecule has 0 N–H and O–H groups in total. The van der Waals surface area contributed by atoms with E-state index in [0.29, 0.717) is 5.19 Å². The van der Waals surface area contributed by atoms with Crippen LogP contribution in [0.4, 0.5) is 0 Å². The Hall–Kier alpha value is -0.620. The average Bonchev–Trinajstić information content (AvgIpc) is 2.47. The highest BCUT2D eigenvalue weighted by molar-refractivity contribution is 9.11. The molecule has 12 heavy (non-hydrogen) atoms. The number of methoxy groups -OCH3 is 1. The van der Waals surface area contributed by atoms with Crippen LogP contribution in [0.5, 0.6) is 5.19 Å². The summed E-state index contributed by atoms with van der Waals surface area (Å²) >= 11 is 4.53. The molecule has 6 heteroatoms. The van der Waals surface area contributed by atoms with Gasteiger partial charge in [-0.05, 0) is 15.9 Å². The summed E-state index contributed by atoms with van der Waals surface area (Å²) in [5.41, 5.74) is 0. The Balaban J connectivity index is 2.38. The van der Waals surface area contributed by atoms with Gasteiger partial charge in [-0.3, -0.25) is 0 Å². The predicted octanol–water partition coefficient (Wildman–Crippen LogP) is 1.46. The molecular formula is C6H6BrNO3S. The summed E-state index contributed by atoms with van der Waals surface area (Å²) in [4.78, 5) is 14.5. The minimum Gasteiger partial charge on any atom is -0.466 e. The second-order valence-electron chi connectivity index (χ2n) is 1.80. The monoisotopic (exact) mass is 251 g/mol. The quantitative estimate of drug-likeness (QED) is 0.764. The molecule has 0 amide bonds. The Labute approximate surface area is 81.6 Å². The minimum atomic E-state index is -0.415. The van der Waals surface area contributed by atoms with Crippen LogP contribution in [0.25, 0.3) is 0 Å². The molecule has 1 aromatic heterocycles. The SMILES string of the molecule is COC(=O)COc1ncc(Br)s1. The number of carbonyl (C=O) groups is 1. The Morgan fingerprint density at radius 1 is 1.83 bits per heavy atom. The zero-order valence-corrected chi connectivity index (χ0v) is 8.65. The third kappa shape index (κ3) is 2.78. The van der Waals surface area contributed by atoms with Gasteiger partial charge in [0.2, 0.25) is 0 Å². The third-order valence-electron chi connectivity index (χ3n) is 0.997. The fraction of sp³-hybridized carbons (Fsp3) is 0.333. The van der Waals surface area contributed by atoms with Crippen LogP contribution in [-0.4, -0.2) is 24.7 Å². The van der Waals surface area contributed by atoms with Gasteiger partial charge in [-0.25, -0.2) is 9.78 Å². The van der Waals surface area contributed by atoms with Crippen molar-refractivity contribution in [3.63, 3.8) is 0 Å². The smallest absolute Gasteiger partial charge is 0.343 e. The van der Waals surface area contributed by atoms with E-state index in [1.165, 1.54) is 18.4 Å². The summed E-state index contributed by atoms with van der Waals surface area (Å²) in [6, 6.07) is 0. The largest absolute Gasteiger partial charge is 0.466 e. The van der Waals surface area contributed by atoms with Crippen molar-refractivity contribution in [3.05, 3.63) is 9.98 Å². The summed E-state index contributed by atoms with van der Waals surface area (Å²) in [7, 11) is 1.31. The Bertz CT molecular complexity index is 276. The van der Waals surface area contributed by atoms with Crippen LogP contribution in [0, 0.1) is 0 Å². The summed E-state index contributed by atoms with van der Waals surface area (Å²) in [6.07, 6.45) is 1.61. The molecule has 0 aliphatic rings. The van der Waals surface area contributed by atoms with E-state index in [4.69, 9.17) is 4.74 Å². The van der Waals surface area contributed by atoms with Gasteiger partial charge in [-0.1, -0.05) is 11.3 Å². The van der Waals surface area contributed by atoms with Crippen molar-refractivity contribution in [2.75, 3.05) is 13.7 Å². The topological polar surface area (TPSA) is 48.4 Å². The van der Waals surface area contributed by atoms with Crippen molar-refractivity contribution in [2.45, 2.75) is 0 Å². The molecule has 0 fully saturated rings. The number of aromatic nitrogens is 1. The van der Waals surface area contributed by atoms with Gasteiger partial charge in [0.15, 0.2) is 6.61 Å². The maximum atomic E-state index is 10.6. The van der Waals surface area contributed by atoms with Gasteiger partial charge in [0, 0.05) is 0 Å². The Morgan fingerprint density at radius 3 is 3.08 bits per heavy atom. The van der Waals surface area contributed by atoms with E-state index in [2.05, 4.69) is 25.7 Å². The van der Waals surface area contributed by atoms with Gasteiger partial charge in [0.25, 0.3) is 5.19 Å². The van der Waals surface area contributed by atoms with Gasteiger partial charge in [0.1, 0.15) is 0 Å². The van der Waals surface area contributed by atoms with E-state index < -0.39 is 5.97 Å². The summed E-state index contributed by atoms with van der Waals surface area (Å²) in [6.45, 7) is -0.101. The van der Waals surface area contributed by atoms with Crippen molar-refractivity contribution in [1.82, 2.24) is 4.98 Å². The van der Waals surface area contributed by atoms with Gasteiger partial charge in [-0.2, -0.15) is 0 Å². The molecule has 0 spiro atoms. The first-order valence-electron chi connectivity index (χ1n) is 3.03.